The summed E-state index contributed by atoms with van der Waals surface area (Å²) < 4.78 is 5.36. The third kappa shape index (κ3) is 3.49. The van der Waals surface area contributed by atoms with Crippen LogP contribution in [0.25, 0.3) is 0 Å². The molecular weight excluding hydrogens is 162 g/mol. The fourth-order valence-electron chi connectivity index (χ4n) is 1.85. The van der Waals surface area contributed by atoms with Crippen molar-refractivity contribution in [1.82, 2.24) is 5.32 Å². The third-order valence-corrected chi connectivity index (χ3v) is 2.74. The van der Waals surface area contributed by atoms with Crippen molar-refractivity contribution < 1.29 is 4.74 Å². The molecule has 1 saturated heterocycles. The molecule has 0 aromatic carbocycles. The van der Waals surface area contributed by atoms with Gasteiger partial charge in [-0.15, -0.1) is 6.58 Å². The zero-order valence-corrected chi connectivity index (χ0v) is 8.75. The van der Waals surface area contributed by atoms with Crippen molar-refractivity contribution in [2.75, 3.05) is 13.2 Å². The molecule has 0 radical (unpaired) electrons. The highest BCUT2D eigenvalue weighted by atomic mass is 16.5. The van der Waals surface area contributed by atoms with E-state index >= 15 is 0 Å². The predicted molar refractivity (Wildman–Crippen MR) is 55.8 cm³/mol. The molecule has 0 saturated carbocycles. The first-order valence-corrected chi connectivity index (χ1v) is 5.18. The van der Waals surface area contributed by atoms with Crippen molar-refractivity contribution in [2.24, 2.45) is 5.92 Å². The number of rotatable bonds is 5. The van der Waals surface area contributed by atoms with E-state index in [0.29, 0.717) is 18.0 Å². The largest absolute Gasteiger partial charge is 0.381 e. The minimum Gasteiger partial charge on any atom is -0.381 e. The van der Waals surface area contributed by atoms with Gasteiger partial charge in [0, 0.05) is 18.7 Å². The Kier molecular flexibility index (Phi) is 4.46. The van der Waals surface area contributed by atoms with Gasteiger partial charge >= 0.3 is 0 Å². The Bertz CT molecular complexity index is 152. The maximum absolute atomic E-state index is 5.36. The highest BCUT2D eigenvalue weighted by Crippen LogP contribution is 2.16. The van der Waals surface area contributed by atoms with Crippen molar-refractivity contribution in [3.63, 3.8) is 0 Å². The van der Waals surface area contributed by atoms with E-state index in [-0.39, 0.29) is 0 Å². The van der Waals surface area contributed by atoms with Crippen molar-refractivity contribution in [3.05, 3.63) is 12.7 Å². The lowest BCUT2D eigenvalue weighted by molar-refractivity contribution is 0.177. The van der Waals surface area contributed by atoms with Gasteiger partial charge in [0.05, 0.1) is 6.61 Å². The molecule has 1 aliphatic rings. The van der Waals surface area contributed by atoms with E-state index in [2.05, 4.69) is 25.7 Å². The predicted octanol–water partition coefficient (Wildman–Crippen LogP) is 1.97. The van der Waals surface area contributed by atoms with Gasteiger partial charge in [0.2, 0.25) is 0 Å². The molecule has 0 spiro atoms. The molecule has 1 fully saturated rings. The minimum atomic E-state index is 0.535. The summed E-state index contributed by atoms with van der Waals surface area (Å²) in [7, 11) is 0. The molecule has 3 atom stereocenters. The van der Waals surface area contributed by atoms with Crippen LogP contribution in [0.5, 0.6) is 0 Å². The van der Waals surface area contributed by atoms with Gasteiger partial charge < -0.3 is 10.1 Å². The molecule has 2 heteroatoms. The molecule has 1 N–H and O–H groups in total. The first-order valence-electron chi connectivity index (χ1n) is 5.18. The van der Waals surface area contributed by atoms with Gasteiger partial charge in [0.15, 0.2) is 0 Å². The van der Waals surface area contributed by atoms with Gasteiger partial charge in [-0.2, -0.15) is 0 Å². The van der Waals surface area contributed by atoms with Crippen LogP contribution >= 0.6 is 0 Å². The van der Waals surface area contributed by atoms with Crippen LogP contribution in [-0.2, 0) is 4.74 Å². The quantitative estimate of drug-likeness (QED) is 0.658. The zero-order chi connectivity index (χ0) is 9.68. The van der Waals surface area contributed by atoms with Crippen molar-refractivity contribution in [3.8, 4) is 0 Å². The van der Waals surface area contributed by atoms with E-state index in [0.717, 1.165) is 19.6 Å². The van der Waals surface area contributed by atoms with Crippen molar-refractivity contribution in [2.45, 2.75) is 38.8 Å². The number of ether oxygens (including phenoxy) is 1. The second-order valence-electron chi connectivity index (χ2n) is 4.00. The minimum absolute atomic E-state index is 0.535. The molecule has 1 heterocycles. The van der Waals surface area contributed by atoms with Crippen LogP contribution in [0.2, 0.25) is 0 Å². The SMILES string of the molecule is C=CCC(C)NC(C)C1CCOC1. The second-order valence-corrected chi connectivity index (χ2v) is 4.00. The Morgan fingerprint density at radius 3 is 2.92 bits per heavy atom. The lowest BCUT2D eigenvalue weighted by atomic mass is 10.00. The summed E-state index contributed by atoms with van der Waals surface area (Å²) in [6, 6.07) is 1.10. The maximum Gasteiger partial charge on any atom is 0.0509 e. The average molecular weight is 183 g/mol. The number of hydrogen-bond acceptors (Lipinski definition) is 2. The summed E-state index contributed by atoms with van der Waals surface area (Å²) in [6.07, 6.45) is 4.21. The van der Waals surface area contributed by atoms with Crippen LogP contribution in [0.4, 0.5) is 0 Å². The molecule has 1 aliphatic heterocycles. The normalized spacial score (nSPS) is 27.1. The van der Waals surface area contributed by atoms with Gasteiger partial charge in [0.1, 0.15) is 0 Å². The van der Waals surface area contributed by atoms with E-state index in [9.17, 15) is 0 Å². The first kappa shape index (κ1) is 10.7. The second kappa shape index (κ2) is 5.40. The van der Waals surface area contributed by atoms with Gasteiger partial charge in [-0.1, -0.05) is 6.08 Å². The van der Waals surface area contributed by atoms with Crippen molar-refractivity contribution in [1.29, 1.82) is 0 Å². The molecule has 0 amide bonds. The van der Waals surface area contributed by atoms with Crippen LogP contribution in [0.3, 0.4) is 0 Å². The standard InChI is InChI=1S/C11H21NO/c1-4-5-9(2)12-10(3)11-6-7-13-8-11/h4,9-12H,1,5-8H2,2-3H3. The van der Waals surface area contributed by atoms with E-state index in [4.69, 9.17) is 4.74 Å². The van der Waals surface area contributed by atoms with Gasteiger partial charge in [-0.05, 0) is 32.6 Å². The van der Waals surface area contributed by atoms with E-state index in [1.165, 1.54) is 6.42 Å². The summed E-state index contributed by atoms with van der Waals surface area (Å²) >= 11 is 0. The van der Waals surface area contributed by atoms with E-state index in [1.807, 2.05) is 6.08 Å². The average Bonchev–Trinajstić information content (AvgIpc) is 2.55. The Labute approximate surface area is 81.4 Å². The first-order chi connectivity index (χ1) is 6.24. The number of hydrogen-bond donors (Lipinski definition) is 1. The molecule has 0 aromatic heterocycles. The Hall–Kier alpha value is -0.340. The Morgan fingerprint density at radius 2 is 2.38 bits per heavy atom. The summed E-state index contributed by atoms with van der Waals surface area (Å²) in [4.78, 5) is 0. The summed E-state index contributed by atoms with van der Waals surface area (Å²) in [5, 5.41) is 3.57. The molecule has 3 unspecified atom stereocenters. The fraction of sp³-hybridized carbons (Fsp3) is 0.818. The molecule has 2 nitrogen and oxygen atoms in total. The molecular formula is C11H21NO. The Balaban J connectivity index is 2.22. The maximum atomic E-state index is 5.36. The molecule has 0 bridgehead atoms. The van der Waals surface area contributed by atoms with Gasteiger partial charge in [-0.25, -0.2) is 0 Å². The lowest BCUT2D eigenvalue weighted by Crippen LogP contribution is -2.39. The lowest BCUT2D eigenvalue weighted by Gasteiger charge is -2.23. The van der Waals surface area contributed by atoms with Crippen molar-refractivity contribution >= 4 is 0 Å². The monoisotopic (exact) mass is 183 g/mol. The molecule has 1 rings (SSSR count). The molecule has 76 valence electrons. The van der Waals surface area contributed by atoms with Crippen LogP contribution in [0, 0.1) is 5.92 Å². The molecule has 0 aliphatic carbocycles. The van der Waals surface area contributed by atoms with Crippen LogP contribution < -0.4 is 5.32 Å². The highest BCUT2D eigenvalue weighted by Gasteiger charge is 2.22. The third-order valence-electron chi connectivity index (χ3n) is 2.74. The summed E-state index contributed by atoms with van der Waals surface area (Å²) in [5.41, 5.74) is 0. The van der Waals surface area contributed by atoms with Crippen LogP contribution in [-0.4, -0.2) is 25.3 Å². The van der Waals surface area contributed by atoms with E-state index < -0.39 is 0 Å². The summed E-state index contributed by atoms with van der Waals surface area (Å²) in [6.45, 7) is 10.1. The molecule has 13 heavy (non-hydrogen) atoms. The van der Waals surface area contributed by atoms with Gasteiger partial charge in [0.25, 0.3) is 0 Å². The topological polar surface area (TPSA) is 21.3 Å². The van der Waals surface area contributed by atoms with E-state index in [1.54, 1.807) is 0 Å². The van der Waals surface area contributed by atoms with Crippen LogP contribution in [0.15, 0.2) is 12.7 Å². The Morgan fingerprint density at radius 1 is 1.62 bits per heavy atom. The summed E-state index contributed by atoms with van der Waals surface area (Å²) in [5.74, 6) is 0.701. The number of nitrogens with one attached hydrogen (secondary N) is 1. The molecule has 0 aromatic rings. The zero-order valence-electron chi connectivity index (χ0n) is 8.75. The highest BCUT2D eigenvalue weighted by molar-refractivity contribution is 4.81. The fourth-order valence-corrected chi connectivity index (χ4v) is 1.85. The smallest absolute Gasteiger partial charge is 0.0509 e. The van der Waals surface area contributed by atoms with Crippen LogP contribution in [0.1, 0.15) is 26.7 Å². The van der Waals surface area contributed by atoms with Gasteiger partial charge in [-0.3, -0.25) is 0 Å².